The zero-order valence-corrected chi connectivity index (χ0v) is 12.1. The number of hydrogen-bond donors (Lipinski definition) is 1. The van der Waals surface area contributed by atoms with E-state index in [1.54, 1.807) is 0 Å². The van der Waals surface area contributed by atoms with Crippen LogP contribution in [0.25, 0.3) is 0 Å². The summed E-state index contributed by atoms with van der Waals surface area (Å²) in [6.45, 7) is 4.68. The Morgan fingerprint density at radius 1 is 1.38 bits per heavy atom. The molecule has 2 rings (SSSR count). The fourth-order valence-corrected chi connectivity index (χ4v) is 2.69. The predicted octanol–water partition coefficient (Wildman–Crippen LogP) is 2.65. The molecule has 1 aromatic rings. The van der Waals surface area contributed by atoms with Crippen LogP contribution in [0.1, 0.15) is 24.9 Å². The molecule has 0 bridgehead atoms. The molecule has 16 heavy (non-hydrogen) atoms. The SMILES string of the molecule is CNC1CCN(C(C)c2ccc(I)cc2)C1. The Bertz CT molecular complexity index is 336. The van der Waals surface area contributed by atoms with E-state index >= 15 is 0 Å². The summed E-state index contributed by atoms with van der Waals surface area (Å²) in [5.74, 6) is 0. The average molecular weight is 330 g/mol. The Morgan fingerprint density at radius 2 is 2.06 bits per heavy atom. The van der Waals surface area contributed by atoms with E-state index in [0.29, 0.717) is 12.1 Å². The van der Waals surface area contributed by atoms with Crippen molar-refractivity contribution in [3.05, 3.63) is 33.4 Å². The maximum atomic E-state index is 3.37. The van der Waals surface area contributed by atoms with Crippen molar-refractivity contribution >= 4 is 22.6 Å². The van der Waals surface area contributed by atoms with Crippen LogP contribution in [0.2, 0.25) is 0 Å². The molecule has 1 aliphatic heterocycles. The lowest BCUT2D eigenvalue weighted by Gasteiger charge is -2.24. The van der Waals surface area contributed by atoms with Crippen molar-refractivity contribution in [1.29, 1.82) is 0 Å². The van der Waals surface area contributed by atoms with E-state index in [2.05, 4.69) is 71.0 Å². The number of likely N-dealkylation sites (tertiary alicyclic amines) is 1. The van der Waals surface area contributed by atoms with E-state index in [0.717, 1.165) is 0 Å². The number of halogens is 1. The molecular weight excluding hydrogens is 311 g/mol. The van der Waals surface area contributed by atoms with Crippen molar-refractivity contribution in [3.8, 4) is 0 Å². The van der Waals surface area contributed by atoms with Crippen LogP contribution in [-0.2, 0) is 0 Å². The van der Waals surface area contributed by atoms with E-state index in [9.17, 15) is 0 Å². The molecule has 88 valence electrons. The second-order valence-electron chi connectivity index (χ2n) is 4.50. The largest absolute Gasteiger partial charge is 0.316 e. The average Bonchev–Trinajstić information content (AvgIpc) is 2.77. The van der Waals surface area contributed by atoms with Gasteiger partial charge in [-0.1, -0.05) is 12.1 Å². The van der Waals surface area contributed by atoms with Gasteiger partial charge in [-0.2, -0.15) is 0 Å². The van der Waals surface area contributed by atoms with E-state index in [1.807, 2.05) is 0 Å². The zero-order valence-electron chi connectivity index (χ0n) is 9.91. The molecule has 1 N–H and O–H groups in total. The second kappa shape index (κ2) is 5.47. The van der Waals surface area contributed by atoms with E-state index in [4.69, 9.17) is 0 Å². The van der Waals surface area contributed by atoms with Crippen molar-refractivity contribution in [2.24, 2.45) is 0 Å². The quantitative estimate of drug-likeness (QED) is 0.858. The third-order valence-electron chi connectivity index (χ3n) is 3.53. The molecule has 0 aromatic heterocycles. The van der Waals surface area contributed by atoms with Gasteiger partial charge in [0, 0.05) is 28.7 Å². The molecule has 1 saturated heterocycles. The third-order valence-corrected chi connectivity index (χ3v) is 4.25. The van der Waals surface area contributed by atoms with Crippen molar-refractivity contribution < 1.29 is 0 Å². The van der Waals surface area contributed by atoms with Crippen molar-refractivity contribution in [2.45, 2.75) is 25.4 Å². The smallest absolute Gasteiger partial charge is 0.0320 e. The summed E-state index contributed by atoms with van der Waals surface area (Å²) in [6, 6.07) is 10.1. The highest BCUT2D eigenvalue weighted by molar-refractivity contribution is 14.1. The molecule has 1 aliphatic rings. The van der Waals surface area contributed by atoms with Crippen LogP contribution in [0.3, 0.4) is 0 Å². The Balaban J connectivity index is 2.02. The predicted molar refractivity (Wildman–Crippen MR) is 76.6 cm³/mol. The van der Waals surface area contributed by atoms with Crippen LogP contribution >= 0.6 is 22.6 Å². The summed E-state index contributed by atoms with van der Waals surface area (Å²) in [6.07, 6.45) is 1.27. The normalized spacial score (nSPS) is 23.6. The standard InChI is InChI=1S/C13H19IN2/c1-10(11-3-5-12(14)6-4-11)16-8-7-13(9-16)15-2/h3-6,10,13,15H,7-9H2,1-2H3. The first-order valence-corrected chi connectivity index (χ1v) is 6.95. The van der Waals surface area contributed by atoms with Crippen LogP contribution in [0, 0.1) is 3.57 Å². The van der Waals surface area contributed by atoms with E-state index in [-0.39, 0.29) is 0 Å². The van der Waals surface area contributed by atoms with Crippen LogP contribution in [0.5, 0.6) is 0 Å². The summed E-state index contributed by atoms with van der Waals surface area (Å²) >= 11 is 2.35. The number of likely N-dealkylation sites (N-methyl/N-ethyl adjacent to an activating group) is 1. The lowest BCUT2D eigenvalue weighted by atomic mass is 10.1. The Morgan fingerprint density at radius 3 is 2.62 bits per heavy atom. The number of hydrogen-bond acceptors (Lipinski definition) is 2. The van der Waals surface area contributed by atoms with Gasteiger partial charge < -0.3 is 5.32 Å². The van der Waals surface area contributed by atoms with Crippen LogP contribution in [0.4, 0.5) is 0 Å². The van der Waals surface area contributed by atoms with Crippen LogP contribution in [-0.4, -0.2) is 31.1 Å². The summed E-state index contributed by atoms with van der Waals surface area (Å²) in [4.78, 5) is 2.56. The Labute approximate surface area is 112 Å². The number of nitrogens with one attached hydrogen (secondary N) is 1. The summed E-state index contributed by atoms with van der Waals surface area (Å²) in [5, 5.41) is 3.37. The highest BCUT2D eigenvalue weighted by Gasteiger charge is 2.25. The molecular formula is C13H19IN2. The summed E-state index contributed by atoms with van der Waals surface area (Å²) in [5.41, 5.74) is 1.43. The van der Waals surface area contributed by atoms with Gasteiger partial charge in [0.1, 0.15) is 0 Å². The molecule has 0 saturated carbocycles. The number of benzene rings is 1. The van der Waals surface area contributed by atoms with Gasteiger partial charge in [0.15, 0.2) is 0 Å². The molecule has 1 heterocycles. The molecule has 0 spiro atoms. The third kappa shape index (κ3) is 2.76. The number of rotatable bonds is 3. The van der Waals surface area contributed by atoms with Gasteiger partial charge in [-0.3, -0.25) is 4.90 Å². The summed E-state index contributed by atoms with van der Waals surface area (Å²) < 4.78 is 1.31. The van der Waals surface area contributed by atoms with Gasteiger partial charge in [0.2, 0.25) is 0 Å². The van der Waals surface area contributed by atoms with Gasteiger partial charge in [0.05, 0.1) is 0 Å². The maximum absolute atomic E-state index is 3.37. The van der Waals surface area contributed by atoms with Crippen LogP contribution < -0.4 is 5.32 Å². The van der Waals surface area contributed by atoms with Crippen molar-refractivity contribution in [2.75, 3.05) is 20.1 Å². The first-order chi connectivity index (χ1) is 7.70. The lowest BCUT2D eigenvalue weighted by molar-refractivity contribution is 0.257. The van der Waals surface area contributed by atoms with Gasteiger partial charge in [0.25, 0.3) is 0 Å². The van der Waals surface area contributed by atoms with Crippen molar-refractivity contribution in [1.82, 2.24) is 10.2 Å². The fourth-order valence-electron chi connectivity index (χ4n) is 2.33. The molecule has 2 atom stereocenters. The van der Waals surface area contributed by atoms with Crippen molar-refractivity contribution in [3.63, 3.8) is 0 Å². The zero-order chi connectivity index (χ0) is 11.5. The molecule has 0 aliphatic carbocycles. The molecule has 2 nitrogen and oxygen atoms in total. The molecule has 0 amide bonds. The van der Waals surface area contributed by atoms with Crippen LogP contribution in [0.15, 0.2) is 24.3 Å². The lowest BCUT2D eigenvalue weighted by Crippen LogP contribution is -2.31. The van der Waals surface area contributed by atoms with Gasteiger partial charge in [-0.15, -0.1) is 0 Å². The number of nitrogens with zero attached hydrogens (tertiary/aromatic N) is 1. The second-order valence-corrected chi connectivity index (χ2v) is 5.74. The minimum Gasteiger partial charge on any atom is -0.316 e. The molecule has 1 aromatic carbocycles. The van der Waals surface area contributed by atoms with E-state index in [1.165, 1.54) is 28.6 Å². The minimum atomic E-state index is 0.537. The monoisotopic (exact) mass is 330 g/mol. The van der Waals surface area contributed by atoms with Gasteiger partial charge in [-0.25, -0.2) is 0 Å². The minimum absolute atomic E-state index is 0.537. The van der Waals surface area contributed by atoms with Gasteiger partial charge >= 0.3 is 0 Å². The maximum Gasteiger partial charge on any atom is 0.0320 e. The van der Waals surface area contributed by atoms with E-state index < -0.39 is 0 Å². The molecule has 0 radical (unpaired) electrons. The molecule has 1 fully saturated rings. The Kier molecular flexibility index (Phi) is 4.21. The Hall–Kier alpha value is -0.130. The van der Waals surface area contributed by atoms with Gasteiger partial charge in [-0.05, 0) is 60.7 Å². The topological polar surface area (TPSA) is 15.3 Å². The first kappa shape index (κ1) is 12.3. The fraction of sp³-hybridized carbons (Fsp3) is 0.538. The molecule has 3 heteroatoms. The highest BCUT2D eigenvalue weighted by atomic mass is 127. The first-order valence-electron chi connectivity index (χ1n) is 5.87. The highest BCUT2D eigenvalue weighted by Crippen LogP contribution is 2.24. The summed E-state index contributed by atoms with van der Waals surface area (Å²) in [7, 11) is 2.06. The molecule has 2 unspecified atom stereocenters.